The fraction of sp³-hybridized carbons (Fsp3) is 0.684. The summed E-state index contributed by atoms with van der Waals surface area (Å²) in [6.45, 7) is 3.65. The molecule has 0 radical (unpaired) electrons. The predicted octanol–water partition coefficient (Wildman–Crippen LogP) is 1.90. The fourth-order valence-electron chi connectivity index (χ4n) is 4.16. The average molecular weight is 346 g/mol. The summed E-state index contributed by atoms with van der Waals surface area (Å²) in [6.07, 6.45) is 5.78. The van der Waals surface area contributed by atoms with Crippen LogP contribution in [0.4, 0.5) is 0 Å². The Bertz CT molecular complexity index is 576. The summed E-state index contributed by atoms with van der Waals surface area (Å²) in [5.41, 5.74) is 0.509. The molecule has 3 atom stereocenters. The Kier molecular flexibility index (Phi) is 5.29. The van der Waals surface area contributed by atoms with Crippen molar-refractivity contribution in [1.29, 1.82) is 0 Å². The van der Waals surface area contributed by atoms with Gasteiger partial charge in [0, 0.05) is 26.0 Å². The molecule has 2 saturated heterocycles. The summed E-state index contributed by atoms with van der Waals surface area (Å²) in [4.78, 5) is 19.0. The quantitative estimate of drug-likeness (QED) is 0.833. The van der Waals surface area contributed by atoms with E-state index in [1.54, 1.807) is 12.3 Å². The molecule has 3 fully saturated rings. The minimum Gasteiger partial charge on any atom is -0.381 e. The molecule has 3 heterocycles. The Morgan fingerprint density at radius 2 is 2.08 bits per heavy atom. The maximum Gasteiger partial charge on any atom is 0.272 e. The number of hydrogen-bond donors (Lipinski definition) is 0. The highest BCUT2D eigenvalue weighted by Crippen LogP contribution is 2.33. The van der Waals surface area contributed by atoms with Crippen LogP contribution >= 0.6 is 0 Å². The van der Waals surface area contributed by atoms with Crippen LogP contribution in [-0.2, 0) is 14.2 Å². The van der Waals surface area contributed by atoms with Gasteiger partial charge in [0.2, 0.25) is 0 Å². The second kappa shape index (κ2) is 7.81. The summed E-state index contributed by atoms with van der Waals surface area (Å²) in [5.74, 6) is 0.589. The van der Waals surface area contributed by atoms with E-state index >= 15 is 0 Å². The number of hydrogen-bond acceptors (Lipinski definition) is 5. The first kappa shape index (κ1) is 16.9. The second-order valence-electron chi connectivity index (χ2n) is 7.12. The lowest BCUT2D eigenvalue weighted by molar-refractivity contribution is -0.113. The standard InChI is InChI=1S/C19H26N2O4/c22-19(15-3-1-2-8-20-15)21-9-12-24-18-16(21)4-5-17(18)25-13-14-6-10-23-11-7-14/h1-3,8,14,16-18H,4-7,9-13H2/t16-,17+,18+/m0/s1. The Labute approximate surface area is 148 Å². The number of aromatic nitrogens is 1. The van der Waals surface area contributed by atoms with Crippen LogP contribution in [-0.4, -0.2) is 67.0 Å². The number of morpholine rings is 1. The molecule has 0 aromatic carbocycles. The van der Waals surface area contributed by atoms with E-state index in [-0.39, 0.29) is 24.2 Å². The molecule has 6 heteroatoms. The number of pyridine rings is 1. The van der Waals surface area contributed by atoms with Crippen molar-refractivity contribution in [3.8, 4) is 0 Å². The van der Waals surface area contributed by atoms with Gasteiger partial charge in [-0.05, 0) is 43.7 Å². The van der Waals surface area contributed by atoms with Crippen LogP contribution in [0.25, 0.3) is 0 Å². The zero-order valence-corrected chi connectivity index (χ0v) is 14.5. The van der Waals surface area contributed by atoms with Gasteiger partial charge < -0.3 is 19.1 Å². The van der Waals surface area contributed by atoms with Crippen molar-refractivity contribution in [1.82, 2.24) is 9.88 Å². The molecular weight excluding hydrogens is 320 g/mol. The second-order valence-corrected chi connectivity index (χ2v) is 7.12. The summed E-state index contributed by atoms with van der Waals surface area (Å²) in [7, 11) is 0. The number of amides is 1. The molecule has 1 saturated carbocycles. The highest BCUT2D eigenvalue weighted by molar-refractivity contribution is 5.92. The van der Waals surface area contributed by atoms with E-state index in [1.807, 2.05) is 17.0 Å². The van der Waals surface area contributed by atoms with Crippen molar-refractivity contribution < 1.29 is 19.0 Å². The molecule has 1 aliphatic carbocycles. The monoisotopic (exact) mass is 346 g/mol. The van der Waals surface area contributed by atoms with Crippen molar-refractivity contribution in [3.05, 3.63) is 30.1 Å². The maximum absolute atomic E-state index is 12.8. The van der Waals surface area contributed by atoms with E-state index in [4.69, 9.17) is 14.2 Å². The Hall–Kier alpha value is -1.50. The van der Waals surface area contributed by atoms with Crippen LogP contribution in [0.15, 0.2) is 24.4 Å². The zero-order valence-electron chi connectivity index (χ0n) is 14.5. The first-order valence-corrected chi connectivity index (χ1v) is 9.36. The van der Waals surface area contributed by atoms with Crippen LogP contribution in [0.1, 0.15) is 36.2 Å². The van der Waals surface area contributed by atoms with Crippen molar-refractivity contribution in [2.45, 2.75) is 43.9 Å². The van der Waals surface area contributed by atoms with E-state index in [1.165, 1.54) is 0 Å². The van der Waals surface area contributed by atoms with Gasteiger partial charge in [0.15, 0.2) is 0 Å². The van der Waals surface area contributed by atoms with Crippen molar-refractivity contribution in [2.75, 3.05) is 33.0 Å². The third-order valence-corrected chi connectivity index (χ3v) is 5.57. The average Bonchev–Trinajstić information content (AvgIpc) is 3.10. The molecular formula is C19H26N2O4. The molecule has 0 bridgehead atoms. The largest absolute Gasteiger partial charge is 0.381 e. The number of fused-ring (bicyclic) bond motifs is 1. The molecule has 2 aliphatic heterocycles. The Morgan fingerprint density at radius 1 is 1.20 bits per heavy atom. The van der Waals surface area contributed by atoms with E-state index in [0.29, 0.717) is 24.8 Å². The number of carbonyl (C=O) groups excluding carboxylic acids is 1. The topological polar surface area (TPSA) is 60.9 Å². The minimum atomic E-state index is -0.0127. The van der Waals surface area contributed by atoms with Gasteiger partial charge in [-0.2, -0.15) is 0 Å². The number of carbonyl (C=O) groups is 1. The van der Waals surface area contributed by atoms with Crippen LogP contribution in [0.2, 0.25) is 0 Å². The summed E-state index contributed by atoms with van der Waals surface area (Å²) < 4.78 is 17.6. The minimum absolute atomic E-state index is 0.00368. The third-order valence-electron chi connectivity index (χ3n) is 5.57. The van der Waals surface area contributed by atoms with E-state index < -0.39 is 0 Å². The smallest absolute Gasteiger partial charge is 0.272 e. The van der Waals surface area contributed by atoms with Gasteiger partial charge >= 0.3 is 0 Å². The highest BCUT2D eigenvalue weighted by atomic mass is 16.5. The molecule has 0 unspecified atom stereocenters. The summed E-state index contributed by atoms with van der Waals surface area (Å²) >= 11 is 0. The molecule has 3 aliphatic rings. The predicted molar refractivity (Wildman–Crippen MR) is 91.3 cm³/mol. The van der Waals surface area contributed by atoms with Crippen molar-refractivity contribution in [3.63, 3.8) is 0 Å². The maximum atomic E-state index is 12.8. The highest BCUT2D eigenvalue weighted by Gasteiger charge is 2.45. The lowest BCUT2D eigenvalue weighted by Crippen LogP contribution is -2.54. The van der Waals surface area contributed by atoms with Gasteiger partial charge in [0.05, 0.1) is 25.4 Å². The van der Waals surface area contributed by atoms with Crippen molar-refractivity contribution in [2.24, 2.45) is 5.92 Å². The van der Waals surface area contributed by atoms with Gasteiger partial charge in [0.1, 0.15) is 11.8 Å². The molecule has 25 heavy (non-hydrogen) atoms. The normalized spacial score (nSPS) is 30.2. The van der Waals surface area contributed by atoms with Gasteiger partial charge in [-0.3, -0.25) is 9.78 Å². The lowest BCUT2D eigenvalue weighted by Gasteiger charge is -2.39. The van der Waals surface area contributed by atoms with Gasteiger partial charge in [-0.25, -0.2) is 0 Å². The van der Waals surface area contributed by atoms with Crippen molar-refractivity contribution >= 4 is 5.91 Å². The first-order valence-electron chi connectivity index (χ1n) is 9.36. The van der Waals surface area contributed by atoms with E-state index in [0.717, 1.165) is 45.5 Å². The molecule has 0 N–H and O–H groups in total. The lowest BCUT2D eigenvalue weighted by atomic mass is 10.0. The number of ether oxygens (including phenoxy) is 3. The number of rotatable bonds is 4. The Balaban J connectivity index is 1.37. The Morgan fingerprint density at radius 3 is 2.88 bits per heavy atom. The van der Waals surface area contributed by atoms with Crippen LogP contribution < -0.4 is 0 Å². The van der Waals surface area contributed by atoms with Crippen LogP contribution in [0, 0.1) is 5.92 Å². The van der Waals surface area contributed by atoms with Crippen LogP contribution in [0.3, 0.4) is 0 Å². The first-order chi connectivity index (χ1) is 12.3. The zero-order chi connectivity index (χ0) is 17.1. The molecule has 0 spiro atoms. The van der Waals surface area contributed by atoms with Crippen LogP contribution in [0.5, 0.6) is 0 Å². The summed E-state index contributed by atoms with van der Waals surface area (Å²) in [6, 6.07) is 5.56. The molecule has 1 aromatic heterocycles. The molecule has 1 amide bonds. The molecule has 136 valence electrons. The third kappa shape index (κ3) is 3.71. The fourth-order valence-corrected chi connectivity index (χ4v) is 4.16. The van der Waals surface area contributed by atoms with E-state index in [2.05, 4.69) is 4.98 Å². The molecule has 4 rings (SSSR count). The van der Waals surface area contributed by atoms with Gasteiger partial charge in [-0.15, -0.1) is 0 Å². The van der Waals surface area contributed by atoms with Gasteiger partial charge in [-0.1, -0.05) is 6.07 Å². The molecule has 6 nitrogen and oxygen atoms in total. The SMILES string of the molecule is O=C(c1ccccn1)N1CCO[C@H]2[C@H](OCC3CCOCC3)CC[C@@H]21. The number of nitrogens with zero attached hydrogens (tertiary/aromatic N) is 2. The molecule has 1 aromatic rings. The summed E-state index contributed by atoms with van der Waals surface area (Å²) in [5, 5.41) is 0. The van der Waals surface area contributed by atoms with E-state index in [9.17, 15) is 4.79 Å². The van der Waals surface area contributed by atoms with Gasteiger partial charge in [0.25, 0.3) is 5.91 Å².